The Balaban J connectivity index is 2.88. The highest BCUT2D eigenvalue weighted by Crippen LogP contribution is 2.04. The maximum Gasteiger partial charge on any atom is 0.332 e. The first-order valence-electron chi connectivity index (χ1n) is 12.6. The van der Waals surface area contributed by atoms with Gasteiger partial charge in [0.25, 0.3) is 5.56 Å². The summed E-state index contributed by atoms with van der Waals surface area (Å²) >= 11 is 0. The van der Waals surface area contributed by atoms with E-state index in [9.17, 15) is 14.4 Å². The van der Waals surface area contributed by atoms with Gasteiger partial charge < -0.3 is 9.36 Å². The number of carbonyl (C=O) groups is 1. The van der Waals surface area contributed by atoms with Crippen molar-refractivity contribution >= 4 is 16.9 Å². The monoisotopic (exact) mass is 293 g/mol. The molecule has 20 heavy (non-hydrogen) atoms. The largest absolute Gasteiger partial charge is 0.332 e. The fraction of sp³-hybridized carbons (Fsp3) is 0.538. The number of hydrogen-bond acceptors (Lipinski definition) is 4. The van der Waals surface area contributed by atoms with Crippen LogP contribution in [-0.2, 0) is 25.3 Å². The molecule has 0 aliphatic rings. The van der Waals surface area contributed by atoms with Crippen LogP contribution in [0.2, 0.25) is 0 Å². The smallest absolute Gasteiger partial charge is 0.328 e. The number of carbonyl (C=O) groups excluding carboxylic acids is 1. The molecule has 2 rings (SSSR count). The van der Waals surface area contributed by atoms with Crippen LogP contribution >= 0.6 is 0 Å². The van der Waals surface area contributed by atoms with Crippen molar-refractivity contribution in [2.75, 3.05) is 0 Å². The molecular weight excluding hydrogens is 260 g/mol. The lowest BCUT2D eigenvalue weighted by Gasteiger charge is -2.08. The van der Waals surface area contributed by atoms with Gasteiger partial charge in [-0.3, -0.25) is 13.9 Å². The van der Waals surface area contributed by atoms with Crippen molar-refractivity contribution in [3.63, 3.8) is 0 Å². The fourth-order valence-electron chi connectivity index (χ4n) is 1.49. The number of aryl methyl sites for hydroxylation is 2. The van der Waals surface area contributed by atoms with Gasteiger partial charge in [0.05, 0.1) is 6.33 Å². The number of rotatable bonds is 5. The number of ketones is 1. The van der Waals surface area contributed by atoms with Crippen LogP contribution in [0.15, 0.2) is 15.9 Å². The summed E-state index contributed by atoms with van der Waals surface area (Å²) in [7, 11) is 0. The van der Waals surface area contributed by atoms with Gasteiger partial charge in [-0.25, -0.2) is 9.78 Å². The minimum atomic E-state index is -4.00. The van der Waals surface area contributed by atoms with Gasteiger partial charge in [0.15, 0.2) is 11.2 Å². The summed E-state index contributed by atoms with van der Waals surface area (Å²) in [5.41, 5.74) is -5.22. The average Bonchev–Trinajstić information content (AvgIpc) is 3.07. The molecule has 0 aliphatic heterocycles. The van der Waals surface area contributed by atoms with E-state index in [-0.39, 0.29) is 13.7 Å². The van der Waals surface area contributed by atoms with Crippen molar-refractivity contribution in [3.8, 4) is 0 Å². The van der Waals surface area contributed by atoms with Crippen molar-refractivity contribution in [2.24, 2.45) is 14.0 Å². The zero-order chi connectivity index (χ0) is 27.7. The maximum absolute atomic E-state index is 13.0. The molecule has 7 nitrogen and oxygen atoms in total. The Morgan fingerprint density at radius 1 is 1.40 bits per heavy atom. The molecule has 0 amide bonds. The molecule has 108 valence electrons. The highest BCUT2D eigenvalue weighted by molar-refractivity contribution is 5.75. The molecule has 0 radical (unpaired) electrons. The topological polar surface area (TPSA) is 78.9 Å². The lowest BCUT2D eigenvalue weighted by Crippen LogP contribution is -2.39. The number of Topliss-reactive ketones (excluding diaryl/α,β-unsaturated/α-hetero) is 1. The van der Waals surface area contributed by atoms with Crippen LogP contribution in [0.3, 0.4) is 0 Å². The summed E-state index contributed by atoms with van der Waals surface area (Å²) in [5, 5.41) is 0. The van der Waals surface area contributed by atoms with Crippen LogP contribution in [0.25, 0.3) is 11.2 Å². The number of hydrogen-bond donors (Lipinski definition) is 0. The highest BCUT2D eigenvalue weighted by Gasteiger charge is 2.14. The lowest BCUT2D eigenvalue weighted by atomic mass is 10.2. The first-order chi connectivity index (χ1) is 15.3. The minimum Gasteiger partial charge on any atom is -0.328 e. The van der Waals surface area contributed by atoms with E-state index in [1.54, 1.807) is 0 Å². The highest BCUT2D eigenvalue weighted by atomic mass is 16.2. The number of nitrogens with zero attached hydrogens (tertiary/aromatic N) is 4. The third-order valence-corrected chi connectivity index (χ3v) is 2.33. The van der Waals surface area contributed by atoms with Gasteiger partial charge in [-0.1, -0.05) is 0 Å². The Morgan fingerprint density at radius 3 is 2.95 bits per heavy atom. The summed E-state index contributed by atoms with van der Waals surface area (Å²) in [4.78, 5) is 41.4. The van der Waals surface area contributed by atoms with E-state index in [1.165, 1.54) is 0 Å². The van der Waals surface area contributed by atoms with Gasteiger partial charge in [0.2, 0.25) is 0 Å². The normalized spacial score (nSPS) is 26.3. The molecule has 7 heteroatoms. The number of aromatic nitrogens is 4. The van der Waals surface area contributed by atoms with Gasteiger partial charge in [0, 0.05) is 47.4 Å². The van der Waals surface area contributed by atoms with E-state index in [0.717, 1.165) is 0 Å². The van der Waals surface area contributed by atoms with Crippen LogP contribution in [0.4, 0.5) is 0 Å². The zero-order valence-electron chi connectivity index (χ0n) is 24.8. The Hall–Kier alpha value is -2.18. The van der Waals surface area contributed by atoms with E-state index in [0.29, 0.717) is 6.33 Å². The first-order valence-corrected chi connectivity index (χ1v) is 5.09. The summed E-state index contributed by atoms with van der Waals surface area (Å²) in [6.07, 6.45) is -11.1. The van der Waals surface area contributed by atoms with E-state index in [4.69, 9.17) is 20.6 Å². The Bertz CT molecular complexity index is 1270. The van der Waals surface area contributed by atoms with Crippen molar-refractivity contribution in [2.45, 2.75) is 32.5 Å². The van der Waals surface area contributed by atoms with Gasteiger partial charge in [0.1, 0.15) is 5.78 Å². The predicted octanol–water partition coefficient (Wildman–Crippen LogP) is 0.193. The van der Waals surface area contributed by atoms with Gasteiger partial charge in [-0.2, -0.15) is 0 Å². The zero-order valence-corrected chi connectivity index (χ0v) is 9.80. The quantitative estimate of drug-likeness (QED) is 0.788. The molecule has 0 spiro atoms. The van der Waals surface area contributed by atoms with Gasteiger partial charge in [-0.15, -0.1) is 0 Å². The lowest BCUT2D eigenvalue weighted by molar-refractivity contribution is -0.117. The molecule has 0 atom stereocenters. The van der Waals surface area contributed by atoms with E-state index in [2.05, 4.69) is 4.98 Å². The van der Waals surface area contributed by atoms with Gasteiger partial charge >= 0.3 is 5.69 Å². The van der Waals surface area contributed by atoms with E-state index < -0.39 is 74.7 Å². The molecule has 0 saturated carbocycles. The Labute approximate surface area is 136 Å². The van der Waals surface area contributed by atoms with Crippen molar-refractivity contribution in [1.82, 2.24) is 18.7 Å². The summed E-state index contributed by atoms with van der Waals surface area (Å²) in [5.74, 6) is -2.29. The van der Waals surface area contributed by atoms with Crippen LogP contribution in [0.1, 0.15) is 46.5 Å². The Morgan fingerprint density at radius 2 is 2.25 bits per heavy atom. The second-order valence-corrected chi connectivity index (χ2v) is 3.55. The summed E-state index contributed by atoms with van der Waals surface area (Å²) in [6.45, 7) is -11.9. The second-order valence-electron chi connectivity index (χ2n) is 3.55. The molecular formula is C13H18N4O3. The van der Waals surface area contributed by atoms with E-state index >= 15 is 0 Å². The van der Waals surface area contributed by atoms with Gasteiger partial charge in [-0.05, 0) is 19.6 Å². The fourth-order valence-corrected chi connectivity index (χ4v) is 1.49. The summed E-state index contributed by atoms with van der Waals surface area (Å²) in [6, 6.07) is 0. The molecule has 0 aliphatic carbocycles. The summed E-state index contributed by atoms with van der Waals surface area (Å²) < 4.78 is 113. The molecule has 2 aromatic rings. The molecule has 0 bridgehead atoms. The molecule has 0 N–H and O–H groups in total. The maximum atomic E-state index is 13.0. The molecule has 2 heterocycles. The minimum absolute atomic E-state index is 0.0974. The van der Waals surface area contributed by atoms with Crippen LogP contribution in [0, 0.1) is 0 Å². The first kappa shape index (κ1) is 4.41. The molecule has 0 unspecified atom stereocenters. The third kappa shape index (κ3) is 2.43. The van der Waals surface area contributed by atoms with Crippen LogP contribution in [0.5, 0.6) is 0 Å². The van der Waals surface area contributed by atoms with Crippen LogP contribution < -0.4 is 11.2 Å². The van der Waals surface area contributed by atoms with Crippen molar-refractivity contribution in [3.05, 3.63) is 27.2 Å². The molecule has 0 fully saturated rings. The third-order valence-electron chi connectivity index (χ3n) is 2.33. The predicted molar refractivity (Wildman–Crippen MR) is 74.7 cm³/mol. The standard InChI is InChI=1S/C13H18N4O3/c1-9(18)6-4-5-7-17-12(19)10-11(14-8-15(10)2)16(3)13(17)20/h8H,4-7H2,1-3H3/i1D3,2D3,3D3,4D2,5D2,6D2. The van der Waals surface area contributed by atoms with Crippen molar-refractivity contribution in [1.29, 1.82) is 0 Å². The SMILES string of the molecule is [2H]C([2H])([2H])C(=O)C([2H])([2H])C([2H])([2H])C([2H])([2H])Cn1c(=O)c2c(ncn2C([2H])([2H])[2H])n(C([2H])([2H])[2H])c1=O. The van der Waals surface area contributed by atoms with Crippen molar-refractivity contribution < 1.29 is 25.4 Å². The average molecular weight is 293 g/mol. The van der Waals surface area contributed by atoms with Crippen LogP contribution in [-0.4, -0.2) is 24.5 Å². The molecule has 0 aromatic carbocycles. The molecule has 0 saturated heterocycles. The second kappa shape index (κ2) is 5.44. The van der Waals surface area contributed by atoms with E-state index in [1.807, 2.05) is 0 Å². The number of imidazole rings is 1. The number of fused-ring (bicyclic) bond motifs is 1. The molecule has 2 aromatic heterocycles. The Kier molecular flexibility index (Phi) is 1.20.